The molecule has 0 atom stereocenters. The van der Waals surface area contributed by atoms with Crippen molar-refractivity contribution in [3.05, 3.63) is 30.4 Å². The first-order valence-electron chi connectivity index (χ1n) is 4.58. The van der Waals surface area contributed by atoms with Crippen LogP contribution in [0.5, 0.6) is 0 Å². The van der Waals surface area contributed by atoms with Crippen LogP contribution < -0.4 is 4.90 Å². The number of aromatic carboxylic acids is 1. The van der Waals surface area contributed by atoms with Crippen LogP contribution in [0, 0.1) is 5.41 Å². The second-order valence-corrected chi connectivity index (χ2v) is 3.00. The Morgan fingerprint density at radius 2 is 2.25 bits per heavy atom. The molecule has 0 aliphatic rings. The molecule has 6 nitrogen and oxygen atoms in total. The monoisotopic (exact) mass is 220 g/mol. The fraction of sp³-hybridized carbons (Fsp3) is 0.200. The van der Waals surface area contributed by atoms with Crippen molar-refractivity contribution < 1.29 is 9.90 Å². The Bertz CT molecular complexity index is 442. The van der Waals surface area contributed by atoms with Crippen LogP contribution in [0.4, 0.5) is 5.82 Å². The third-order valence-corrected chi connectivity index (χ3v) is 1.78. The zero-order valence-corrected chi connectivity index (χ0v) is 9.01. The number of carboxylic acid groups (broad SMARTS) is 1. The molecule has 0 bridgehead atoms. The molecule has 0 aliphatic carbocycles. The molecule has 1 rings (SSSR count). The van der Waals surface area contributed by atoms with Crippen molar-refractivity contribution in [2.45, 2.75) is 13.8 Å². The minimum Gasteiger partial charge on any atom is -0.477 e. The number of hydrogen-bond acceptors (Lipinski definition) is 4. The smallest absolute Gasteiger partial charge is 0.354 e. The Hall–Kier alpha value is -2.24. The minimum absolute atomic E-state index is 0.0965. The van der Waals surface area contributed by atoms with E-state index in [4.69, 9.17) is 10.5 Å². The highest BCUT2D eigenvalue weighted by molar-refractivity contribution is 5.95. The molecule has 6 heteroatoms. The molecule has 0 saturated carbocycles. The molecule has 84 valence electrons. The summed E-state index contributed by atoms with van der Waals surface area (Å²) in [6, 6.07) is 1.32. The maximum absolute atomic E-state index is 10.7. The van der Waals surface area contributed by atoms with Crippen LogP contribution in [0.3, 0.4) is 0 Å². The lowest BCUT2D eigenvalue weighted by Crippen LogP contribution is -2.22. The Morgan fingerprint density at radius 3 is 2.75 bits per heavy atom. The number of allylic oxidation sites excluding steroid dienone is 1. The maximum Gasteiger partial charge on any atom is 0.354 e. The lowest BCUT2D eigenvalue weighted by atomic mass is 10.3. The van der Waals surface area contributed by atoms with Crippen LogP contribution in [0.25, 0.3) is 0 Å². The molecule has 0 aliphatic heterocycles. The van der Waals surface area contributed by atoms with Gasteiger partial charge in [0.05, 0.1) is 0 Å². The molecule has 1 aromatic rings. The number of nitrogens with one attached hydrogen (secondary N) is 1. The van der Waals surface area contributed by atoms with Gasteiger partial charge in [-0.05, 0) is 13.8 Å². The minimum atomic E-state index is -1.12. The SMILES string of the molecule is C/C=C\N(C(C)=N)c1cc(C(=O)O)ncn1. The van der Waals surface area contributed by atoms with E-state index in [0.29, 0.717) is 5.82 Å². The van der Waals surface area contributed by atoms with Crippen molar-refractivity contribution in [2.24, 2.45) is 0 Å². The van der Waals surface area contributed by atoms with Gasteiger partial charge < -0.3 is 5.11 Å². The van der Waals surface area contributed by atoms with Crippen molar-refractivity contribution in [1.82, 2.24) is 9.97 Å². The fourth-order valence-electron chi connectivity index (χ4n) is 1.10. The molecule has 0 fully saturated rings. The van der Waals surface area contributed by atoms with Crippen molar-refractivity contribution >= 4 is 17.6 Å². The van der Waals surface area contributed by atoms with Gasteiger partial charge >= 0.3 is 5.97 Å². The summed E-state index contributed by atoms with van der Waals surface area (Å²) in [5, 5.41) is 16.3. The van der Waals surface area contributed by atoms with Crippen LogP contribution in [0.1, 0.15) is 24.3 Å². The Labute approximate surface area is 92.8 Å². The van der Waals surface area contributed by atoms with E-state index in [2.05, 4.69) is 9.97 Å². The summed E-state index contributed by atoms with van der Waals surface area (Å²) in [5.74, 6) is -0.516. The van der Waals surface area contributed by atoms with Crippen molar-refractivity contribution in [3.63, 3.8) is 0 Å². The number of amidine groups is 1. The van der Waals surface area contributed by atoms with Gasteiger partial charge in [0.15, 0.2) is 5.69 Å². The van der Waals surface area contributed by atoms with Crippen molar-refractivity contribution in [3.8, 4) is 0 Å². The normalized spacial score (nSPS) is 10.4. The van der Waals surface area contributed by atoms with Gasteiger partial charge in [-0.2, -0.15) is 0 Å². The standard InChI is InChI=1S/C10H12N4O2/c1-3-4-14(7(2)11)9-5-8(10(15)16)12-6-13-9/h3-6,11H,1-2H3,(H,15,16)/b4-3-,11-7?. The second-order valence-electron chi connectivity index (χ2n) is 3.00. The van der Waals surface area contributed by atoms with E-state index in [1.807, 2.05) is 0 Å². The lowest BCUT2D eigenvalue weighted by molar-refractivity contribution is 0.0690. The van der Waals surface area contributed by atoms with Gasteiger partial charge in [-0.1, -0.05) is 6.08 Å². The Kier molecular flexibility index (Phi) is 3.71. The van der Waals surface area contributed by atoms with E-state index in [-0.39, 0.29) is 11.5 Å². The zero-order chi connectivity index (χ0) is 12.1. The number of rotatable bonds is 3. The molecular weight excluding hydrogens is 208 g/mol. The molecule has 0 aromatic carbocycles. The van der Waals surface area contributed by atoms with Gasteiger partial charge in [-0.15, -0.1) is 0 Å². The Balaban J connectivity index is 3.14. The summed E-state index contributed by atoms with van der Waals surface area (Å²) in [4.78, 5) is 19.7. The predicted molar refractivity (Wildman–Crippen MR) is 59.7 cm³/mol. The predicted octanol–water partition coefficient (Wildman–Crippen LogP) is 1.51. The van der Waals surface area contributed by atoms with E-state index in [1.165, 1.54) is 11.0 Å². The highest BCUT2D eigenvalue weighted by Crippen LogP contribution is 2.12. The molecular formula is C10H12N4O2. The highest BCUT2D eigenvalue weighted by Gasteiger charge is 2.11. The number of aromatic nitrogens is 2. The van der Waals surface area contributed by atoms with E-state index in [1.54, 1.807) is 26.1 Å². The van der Waals surface area contributed by atoms with Gasteiger partial charge in [0, 0.05) is 12.3 Å². The molecule has 1 heterocycles. The van der Waals surface area contributed by atoms with E-state index in [0.717, 1.165) is 6.33 Å². The van der Waals surface area contributed by atoms with Crippen LogP contribution in [0.15, 0.2) is 24.7 Å². The summed E-state index contributed by atoms with van der Waals surface area (Å²) in [7, 11) is 0. The quantitative estimate of drug-likeness (QED) is 0.595. The summed E-state index contributed by atoms with van der Waals surface area (Å²) < 4.78 is 0. The molecule has 0 saturated heterocycles. The topological polar surface area (TPSA) is 90.2 Å². The summed E-state index contributed by atoms with van der Waals surface area (Å²) in [6.45, 7) is 3.39. The molecule has 0 radical (unpaired) electrons. The van der Waals surface area contributed by atoms with Crippen LogP contribution in [0.2, 0.25) is 0 Å². The van der Waals surface area contributed by atoms with Gasteiger partial charge in [0.2, 0.25) is 0 Å². The van der Waals surface area contributed by atoms with E-state index >= 15 is 0 Å². The first-order chi connectivity index (χ1) is 7.56. The Morgan fingerprint density at radius 1 is 1.56 bits per heavy atom. The van der Waals surface area contributed by atoms with E-state index < -0.39 is 5.97 Å². The average Bonchev–Trinajstić information content (AvgIpc) is 2.25. The van der Waals surface area contributed by atoms with Crippen molar-refractivity contribution in [1.29, 1.82) is 5.41 Å². The van der Waals surface area contributed by atoms with Crippen LogP contribution in [-0.4, -0.2) is 26.9 Å². The number of carboxylic acids is 1. The zero-order valence-electron chi connectivity index (χ0n) is 9.01. The van der Waals surface area contributed by atoms with Crippen LogP contribution in [-0.2, 0) is 0 Å². The maximum atomic E-state index is 10.7. The third-order valence-electron chi connectivity index (χ3n) is 1.78. The summed E-state index contributed by atoms with van der Waals surface area (Å²) in [6.07, 6.45) is 4.54. The van der Waals surface area contributed by atoms with Gasteiger partial charge in [0.25, 0.3) is 0 Å². The number of hydrogen-bond donors (Lipinski definition) is 2. The molecule has 1 aromatic heterocycles. The molecule has 0 spiro atoms. The number of carbonyl (C=O) groups is 1. The van der Waals surface area contributed by atoms with Gasteiger partial charge in [-0.3, -0.25) is 10.3 Å². The van der Waals surface area contributed by atoms with Gasteiger partial charge in [-0.25, -0.2) is 14.8 Å². The molecule has 0 amide bonds. The first-order valence-corrected chi connectivity index (χ1v) is 4.58. The van der Waals surface area contributed by atoms with Crippen molar-refractivity contribution in [2.75, 3.05) is 4.90 Å². The van der Waals surface area contributed by atoms with E-state index in [9.17, 15) is 4.79 Å². The largest absolute Gasteiger partial charge is 0.477 e. The highest BCUT2D eigenvalue weighted by atomic mass is 16.4. The molecule has 16 heavy (non-hydrogen) atoms. The summed E-state index contributed by atoms with van der Waals surface area (Å²) >= 11 is 0. The first kappa shape index (κ1) is 11.8. The lowest BCUT2D eigenvalue weighted by Gasteiger charge is -2.17. The van der Waals surface area contributed by atoms with Crippen LogP contribution >= 0.6 is 0 Å². The third kappa shape index (κ3) is 2.63. The second kappa shape index (κ2) is 5.01. The molecule has 2 N–H and O–H groups in total. The molecule has 0 unspecified atom stereocenters. The summed E-state index contributed by atoms with van der Waals surface area (Å²) in [5.41, 5.74) is -0.0965. The average molecular weight is 220 g/mol. The number of anilines is 1. The fourth-order valence-corrected chi connectivity index (χ4v) is 1.10. The number of nitrogens with zero attached hydrogens (tertiary/aromatic N) is 3. The van der Waals surface area contributed by atoms with Gasteiger partial charge in [0.1, 0.15) is 18.0 Å².